The lowest BCUT2D eigenvalue weighted by Gasteiger charge is -2.33. The molecule has 0 aromatic carbocycles. The van der Waals surface area contributed by atoms with E-state index in [1.807, 2.05) is 13.8 Å². The molecule has 1 atom stereocenters. The van der Waals surface area contributed by atoms with E-state index in [0.29, 0.717) is 25.8 Å². The minimum atomic E-state index is -0.956. The standard InChI is InChI=1S/C12H25N3O3/c1-5-12(6-2,10(13)14-18)11(17)15(4)8-7-9(3)16/h9,16,18H,5-8H2,1-4H3,(H2,13,14). The topological polar surface area (TPSA) is 99.2 Å². The molecule has 0 saturated carbocycles. The van der Waals surface area contributed by atoms with Crippen LogP contribution in [0.25, 0.3) is 0 Å². The molecule has 0 saturated heterocycles. The summed E-state index contributed by atoms with van der Waals surface area (Å²) in [5.41, 5.74) is 4.71. The van der Waals surface area contributed by atoms with Gasteiger partial charge in [-0.3, -0.25) is 4.79 Å². The first-order chi connectivity index (χ1) is 8.35. The van der Waals surface area contributed by atoms with Crippen LogP contribution in [0, 0.1) is 5.41 Å². The third-order valence-electron chi connectivity index (χ3n) is 3.44. The van der Waals surface area contributed by atoms with Crippen molar-refractivity contribution >= 4 is 11.7 Å². The first kappa shape index (κ1) is 16.7. The van der Waals surface area contributed by atoms with Gasteiger partial charge in [-0.25, -0.2) is 0 Å². The second kappa shape index (κ2) is 7.20. The smallest absolute Gasteiger partial charge is 0.236 e. The highest BCUT2D eigenvalue weighted by atomic mass is 16.4. The minimum Gasteiger partial charge on any atom is -0.409 e. The van der Waals surface area contributed by atoms with Crippen molar-refractivity contribution < 1.29 is 15.1 Å². The predicted octanol–water partition coefficient (Wildman–Crippen LogP) is 0.769. The van der Waals surface area contributed by atoms with Gasteiger partial charge in [0.05, 0.1) is 6.10 Å². The van der Waals surface area contributed by atoms with Crippen LogP contribution >= 0.6 is 0 Å². The number of amides is 1. The van der Waals surface area contributed by atoms with Crippen LogP contribution in [0.5, 0.6) is 0 Å². The van der Waals surface area contributed by atoms with Crippen molar-refractivity contribution in [1.29, 1.82) is 0 Å². The van der Waals surface area contributed by atoms with Gasteiger partial charge in [-0.05, 0) is 26.2 Å². The van der Waals surface area contributed by atoms with Crippen molar-refractivity contribution in [3.05, 3.63) is 0 Å². The van der Waals surface area contributed by atoms with Gasteiger partial charge in [-0.1, -0.05) is 19.0 Å². The molecule has 106 valence electrons. The average Bonchev–Trinajstić information content (AvgIpc) is 2.37. The molecule has 0 aliphatic heterocycles. The van der Waals surface area contributed by atoms with Crippen molar-refractivity contribution in [3.63, 3.8) is 0 Å². The predicted molar refractivity (Wildman–Crippen MR) is 70.4 cm³/mol. The molecular formula is C12H25N3O3. The maximum absolute atomic E-state index is 12.4. The van der Waals surface area contributed by atoms with E-state index in [0.717, 1.165) is 0 Å². The quantitative estimate of drug-likeness (QED) is 0.272. The van der Waals surface area contributed by atoms with Crippen LogP contribution in [-0.2, 0) is 4.79 Å². The Morgan fingerprint density at radius 1 is 1.44 bits per heavy atom. The number of aliphatic hydroxyl groups excluding tert-OH is 1. The molecule has 0 rings (SSSR count). The molecule has 6 heteroatoms. The van der Waals surface area contributed by atoms with E-state index in [2.05, 4.69) is 5.16 Å². The molecule has 1 amide bonds. The van der Waals surface area contributed by atoms with Crippen LogP contribution in [0.1, 0.15) is 40.0 Å². The van der Waals surface area contributed by atoms with E-state index >= 15 is 0 Å². The van der Waals surface area contributed by atoms with E-state index in [4.69, 9.17) is 10.9 Å². The van der Waals surface area contributed by atoms with Crippen LogP contribution < -0.4 is 5.73 Å². The Kier molecular flexibility index (Phi) is 6.68. The molecule has 0 radical (unpaired) electrons. The summed E-state index contributed by atoms with van der Waals surface area (Å²) in [6, 6.07) is 0. The molecule has 0 aliphatic rings. The highest BCUT2D eigenvalue weighted by molar-refractivity contribution is 6.06. The first-order valence-corrected chi connectivity index (χ1v) is 6.27. The zero-order valence-electron chi connectivity index (χ0n) is 11.7. The zero-order valence-corrected chi connectivity index (χ0v) is 11.7. The highest BCUT2D eigenvalue weighted by Crippen LogP contribution is 2.29. The summed E-state index contributed by atoms with van der Waals surface area (Å²) in [5, 5.41) is 21.1. The molecule has 0 spiro atoms. The summed E-state index contributed by atoms with van der Waals surface area (Å²) in [6.07, 6.45) is 0.984. The maximum Gasteiger partial charge on any atom is 0.236 e. The molecule has 1 unspecified atom stereocenters. The van der Waals surface area contributed by atoms with E-state index in [-0.39, 0.29) is 11.7 Å². The molecule has 6 nitrogen and oxygen atoms in total. The van der Waals surface area contributed by atoms with Crippen molar-refractivity contribution in [3.8, 4) is 0 Å². The molecule has 0 bridgehead atoms. The van der Waals surface area contributed by atoms with E-state index < -0.39 is 11.5 Å². The Hall–Kier alpha value is -1.30. The molecule has 18 heavy (non-hydrogen) atoms. The third-order valence-corrected chi connectivity index (χ3v) is 3.44. The largest absolute Gasteiger partial charge is 0.409 e. The van der Waals surface area contributed by atoms with Crippen molar-refractivity contribution in [2.75, 3.05) is 13.6 Å². The monoisotopic (exact) mass is 259 g/mol. The number of carbonyl (C=O) groups excluding carboxylic acids is 1. The molecule has 0 aliphatic carbocycles. The summed E-state index contributed by atoms with van der Waals surface area (Å²) in [4.78, 5) is 13.9. The SMILES string of the molecule is CCC(CC)(C(=O)N(C)CCC(C)O)C(N)=NO. The number of nitrogens with zero attached hydrogens (tertiary/aromatic N) is 2. The molecular weight excluding hydrogens is 234 g/mol. The van der Waals surface area contributed by atoms with E-state index in [1.165, 1.54) is 4.90 Å². The summed E-state index contributed by atoms with van der Waals surface area (Å²) in [6.45, 7) is 5.79. The minimum absolute atomic E-state index is 0.0543. The zero-order chi connectivity index (χ0) is 14.3. The van der Waals surface area contributed by atoms with Gasteiger partial charge in [0.15, 0.2) is 5.84 Å². The molecule has 0 aromatic heterocycles. The van der Waals surface area contributed by atoms with Crippen LogP contribution in [0.2, 0.25) is 0 Å². The summed E-state index contributed by atoms with van der Waals surface area (Å²) < 4.78 is 0. The number of amidine groups is 1. The van der Waals surface area contributed by atoms with Gasteiger partial charge >= 0.3 is 0 Å². The fourth-order valence-corrected chi connectivity index (χ4v) is 1.97. The summed E-state index contributed by atoms with van der Waals surface area (Å²) >= 11 is 0. The van der Waals surface area contributed by atoms with Crippen LogP contribution in [0.15, 0.2) is 5.16 Å². The van der Waals surface area contributed by atoms with Gasteiger partial charge in [0.2, 0.25) is 5.91 Å². The Balaban J connectivity index is 4.98. The highest BCUT2D eigenvalue weighted by Gasteiger charge is 2.41. The Labute approximate surface area is 108 Å². The van der Waals surface area contributed by atoms with E-state index in [1.54, 1.807) is 14.0 Å². The Morgan fingerprint density at radius 3 is 2.28 bits per heavy atom. The third kappa shape index (κ3) is 3.60. The van der Waals surface area contributed by atoms with Crippen LogP contribution in [-0.4, -0.2) is 46.7 Å². The molecule has 4 N–H and O–H groups in total. The van der Waals surface area contributed by atoms with Crippen molar-refractivity contribution in [1.82, 2.24) is 4.90 Å². The molecule has 0 fully saturated rings. The Morgan fingerprint density at radius 2 is 1.94 bits per heavy atom. The van der Waals surface area contributed by atoms with Gasteiger partial charge < -0.3 is 20.9 Å². The maximum atomic E-state index is 12.4. The number of carbonyl (C=O) groups is 1. The summed E-state index contributed by atoms with van der Waals surface area (Å²) in [7, 11) is 1.66. The lowest BCUT2D eigenvalue weighted by Crippen LogP contribution is -2.50. The first-order valence-electron chi connectivity index (χ1n) is 6.27. The average molecular weight is 259 g/mol. The lowest BCUT2D eigenvalue weighted by molar-refractivity contribution is -0.137. The number of hydrogen-bond acceptors (Lipinski definition) is 4. The van der Waals surface area contributed by atoms with Gasteiger partial charge in [-0.15, -0.1) is 0 Å². The lowest BCUT2D eigenvalue weighted by atomic mass is 9.79. The van der Waals surface area contributed by atoms with Crippen molar-refractivity contribution in [2.24, 2.45) is 16.3 Å². The molecule has 0 aromatic rings. The van der Waals surface area contributed by atoms with Gasteiger partial charge in [0, 0.05) is 13.6 Å². The number of oxime groups is 1. The molecule has 0 heterocycles. The normalized spacial score (nSPS) is 14.4. The van der Waals surface area contributed by atoms with Crippen LogP contribution in [0.3, 0.4) is 0 Å². The Bertz CT molecular complexity index is 299. The summed E-state index contributed by atoms with van der Waals surface area (Å²) in [5.74, 6) is -0.232. The second-order valence-electron chi connectivity index (χ2n) is 4.64. The van der Waals surface area contributed by atoms with Gasteiger partial charge in [-0.2, -0.15) is 0 Å². The number of rotatable bonds is 7. The van der Waals surface area contributed by atoms with Crippen LogP contribution in [0.4, 0.5) is 0 Å². The fourth-order valence-electron chi connectivity index (χ4n) is 1.97. The second-order valence-corrected chi connectivity index (χ2v) is 4.64. The number of nitrogens with two attached hydrogens (primary N) is 1. The van der Waals surface area contributed by atoms with Gasteiger partial charge in [0.1, 0.15) is 5.41 Å². The number of aliphatic hydroxyl groups is 1. The van der Waals surface area contributed by atoms with Crippen molar-refractivity contribution in [2.45, 2.75) is 46.1 Å². The van der Waals surface area contributed by atoms with Gasteiger partial charge in [0.25, 0.3) is 0 Å². The fraction of sp³-hybridized carbons (Fsp3) is 0.833. The number of hydrogen-bond donors (Lipinski definition) is 3. The van der Waals surface area contributed by atoms with E-state index in [9.17, 15) is 9.90 Å².